The van der Waals surface area contributed by atoms with Gasteiger partial charge in [-0.25, -0.2) is 9.48 Å². The van der Waals surface area contributed by atoms with E-state index in [1.54, 1.807) is 25.4 Å². The van der Waals surface area contributed by atoms with Crippen LogP contribution in [0.4, 0.5) is 5.69 Å². The van der Waals surface area contributed by atoms with Crippen molar-refractivity contribution in [2.75, 3.05) is 5.32 Å². The van der Waals surface area contributed by atoms with E-state index in [2.05, 4.69) is 15.4 Å². The lowest BCUT2D eigenvalue weighted by Gasteiger charge is -2.07. The molecular formula is C18H19N5O2. The number of hydrogen-bond acceptors (Lipinski definition) is 4. The van der Waals surface area contributed by atoms with Crippen molar-refractivity contribution in [1.82, 2.24) is 19.3 Å². The van der Waals surface area contributed by atoms with E-state index in [4.69, 9.17) is 0 Å². The van der Waals surface area contributed by atoms with Crippen LogP contribution in [0, 0.1) is 13.8 Å². The number of nitrogens with zero attached hydrogens (tertiary/aromatic N) is 4. The number of aryl methyl sites for hydroxylation is 2. The van der Waals surface area contributed by atoms with Crippen molar-refractivity contribution in [3.8, 4) is 11.5 Å². The first-order valence-electron chi connectivity index (χ1n) is 7.87. The highest BCUT2D eigenvalue weighted by Crippen LogP contribution is 2.14. The third-order valence-corrected chi connectivity index (χ3v) is 3.73. The van der Waals surface area contributed by atoms with Gasteiger partial charge in [-0.1, -0.05) is 12.1 Å². The number of pyridine rings is 1. The van der Waals surface area contributed by atoms with Gasteiger partial charge in [-0.3, -0.25) is 14.3 Å². The third-order valence-electron chi connectivity index (χ3n) is 3.73. The molecule has 7 nitrogen and oxygen atoms in total. The average Bonchev–Trinajstić information content (AvgIpc) is 2.83. The van der Waals surface area contributed by atoms with E-state index < -0.39 is 0 Å². The fraction of sp³-hybridized carbons (Fsp3) is 0.222. The van der Waals surface area contributed by atoms with E-state index in [0.717, 1.165) is 15.8 Å². The number of aromatic nitrogens is 4. The molecule has 0 aliphatic heterocycles. The minimum Gasteiger partial charge on any atom is -0.324 e. The summed E-state index contributed by atoms with van der Waals surface area (Å²) < 4.78 is 2.52. The van der Waals surface area contributed by atoms with Crippen molar-refractivity contribution in [3.05, 3.63) is 64.2 Å². The van der Waals surface area contributed by atoms with E-state index in [1.165, 1.54) is 4.57 Å². The number of carbonyl (C=O) groups is 1. The lowest BCUT2D eigenvalue weighted by molar-refractivity contribution is -0.117. The number of hydrogen-bond donors (Lipinski definition) is 1. The number of anilines is 1. The molecule has 0 aliphatic rings. The van der Waals surface area contributed by atoms with Crippen LogP contribution >= 0.6 is 0 Å². The summed E-state index contributed by atoms with van der Waals surface area (Å²) in [7, 11) is 1.61. The highest BCUT2D eigenvalue weighted by atomic mass is 16.2. The summed E-state index contributed by atoms with van der Waals surface area (Å²) in [6.07, 6.45) is 1.63. The monoisotopic (exact) mass is 337 g/mol. The topological polar surface area (TPSA) is 81.8 Å². The van der Waals surface area contributed by atoms with Crippen molar-refractivity contribution < 1.29 is 4.79 Å². The molecule has 7 heteroatoms. The zero-order valence-corrected chi connectivity index (χ0v) is 14.4. The van der Waals surface area contributed by atoms with Gasteiger partial charge in [0.05, 0.1) is 0 Å². The summed E-state index contributed by atoms with van der Waals surface area (Å²) in [5.74, 6) is 0.113. The smallest absolute Gasteiger partial charge is 0.324 e. The van der Waals surface area contributed by atoms with Crippen molar-refractivity contribution in [2.24, 2.45) is 7.05 Å². The van der Waals surface area contributed by atoms with Gasteiger partial charge in [-0.2, -0.15) is 0 Å². The van der Waals surface area contributed by atoms with Gasteiger partial charge >= 0.3 is 5.69 Å². The predicted octanol–water partition coefficient (Wildman–Crippen LogP) is 1.90. The van der Waals surface area contributed by atoms with Crippen molar-refractivity contribution in [1.29, 1.82) is 0 Å². The van der Waals surface area contributed by atoms with E-state index in [0.29, 0.717) is 17.2 Å². The Morgan fingerprint density at radius 3 is 2.52 bits per heavy atom. The average molecular weight is 337 g/mol. The molecule has 0 saturated heterocycles. The summed E-state index contributed by atoms with van der Waals surface area (Å²) in [5.41, 5.74) is 3.04. The summed E-state index contributed by atoms with van der Waals surface area (Å²) in [4.78, 5) is 28.8. The molecule has 0 spiro atoms. The number of amides is 1. The number of rotatable bonds is 4. The third kappa shape index (κ3) is 3.65. The zero-order chi connectivity index (χ0) is 18.0. The normalized spacial score (nSPS) is 10.7. The van der Waals surface area contributed by atoms with E-state index in [9.17, 15) is 9.59 Å². The summed E-state index contributed by atoms with van der Waals surface area (Å²) in [6.45, 7) is 3.77. The maximum Gasteiger partial charge on any atom is 0.346 e. The fourth-order valence-electron chi connectivity index (χ4n) is 2.69. The fourth-order valence-corrected chi connectivity index (χ4v) is 2.69. The van der Waals surface area contributed by atoms with Crippen LogP contribution < -0.4 is 11.0 Å². The van der Waals surface area contributed by atoms with Crippen molar-refractivity contribution in [2.45, 2.75) is 20.4 Å². The molecule has 3 aromatic rings. The molecule has 2 aromatic heterocycles. The molecule has 0 fully saturated rings. The Morgan fingerprint density at radius 1 is 1.16 bits per heavy atom. The Balaban J connectivity index is 1.81. The summed E-state index contributed by atoms with van der Waals surface area (Å²) >= 11 is 0. The molecular weight excluding hydrogens is 318 g/mol. The predicted molar refractivity (Wildman–Crippen MR) is 95.2 cm³/mol. The molecule has 0 radical (unpaired) electrons. The number of carbonyl (C=O) groups excluding carboxylic acids is 1. The maximum atomic E-state index is 12.3. The number of benzene rings is 1. The molecule has 0 aliphatic carbocycles. The second-order valence-corrected chi connectivity index (χ2v) is 5.96. The summed E-state index contributed by atoms with van der Waals surface area (Å²) in [6, 6.07) is 11.2. The molecule has 25 heavy (non-hydrogen) atoms. The van der Waals surface area contributed by atoms with Crippen LogP contribution in [-0.4, -0.2) is 25.2 Å². The van der Waals surface area contributed by atoms with Gasteiger partial charge in [-0.15, -0.1) is 5.10 Å². The van der Waals surface area contributed by atoms with Crippen LogP contribution in [0.15, 0.2) is 47.4 Å². The van der Waals surface area contributed by atoms with Crippen LogP contribution in [0.5, 0.6) is 0 Å². The van der Waals surface area contributed by atoms with Gasteiger partial charge < -0.3 is 5.32 Å². The van der Waals surface area contributed by atoms with Gasteiger partial charge in [0.15, 0.2) is 5.82 Å². The van der Waals surface area contributed by atoms with Crippen LogP contribution in [0.3, 0.4) is 0 Å². The zero-order valence-electron chi connectivity index (χ0n) is 14.4. The van der Waals surface area contributed by atoms with Gasteiger partial charge in [0.2, 0.25) is 5.91 Å². The Kier molecular flexibility index (Phi) is 4.47. The second kappa shape index (κ2) is 6.72. The van der Waals surface area contributed by atoms with Crippen molar-refractivity contribution >= 4 is 11.6 Å². The van der Waals surface area contributed by atoms with Crippen LogP contribution in [0.2, 0.25) is 0 Å². The van der Waals surface area contributed by atoms with Gasteiger partial charge in [0, 0.05) is 18.9 Å². The van der Waals surface area contributed by atoms with E-state index in [1.807, 2.05) is 38.1 Å². The molecule has 1 N–H and O–H groups in total. The molecule has 0 atom stereocenters. The van der Waals surface area contributed by atoms with Crippen LogP contribution in [-0.2, 0) is 18.4 Å². The van der Waals surface area contributed by atoms with Crippen LogP contribution in [0.1, 0.15) is 11.1 Å². The lowest BCUT2D eigenvalue weighted by atomic mass is 10.1. The van der Waals surface area contributed by atoms with Crippen LogP contribution in [0.25, 0.3) is 11.5 Å². The molecule has 0 bridgehead atoms. The van der Waals surface area contributed by atoms with Gasteiger partial charge in [0.25, 0.3) is 0 Å². The standard InChI is InChI=1S/C18H19N5O2/c1-12-8-13(2)10-14(9-12)20-16(24)11-23-18(25)22(3)17(21-23)15-6-4-5-7-19-15/h4-10H,11H2,1-3H3,(H,20,24). The quantitative estimate of drug-likeness (QED) is 0.788. The van der Waals surface area contributed by atoms with Crippen molar-refractivity contribution in [3.63, 3.8) is 0 Å². The molecule has 0 saturated carbocycles. The van der Waals surface area contributed by atoms with E-state index in [-0.39, 0.29) is 18.1 Å². The first-order valence-corrected chi connectivity index (χ1v) is 7.87. The Labute approximate surface area is 144 Å². The molecule has 128 valence electrons. The molecule has 1 amide bonds. The minimum atomic E-state index is -0.365. The Hall–Kier alpha value is -3.22. The molecule has 2 heterocycles. The SMILES string of the molecule is Cc1cc(C)cc(NC(=O)Cn2nc(-c3ccccn3)n(C)c2=O)c1. The van der Waals surface area contributed by atoms with Gasteiger partial charge in [-0.05, 0) is 49.2 Å². The number of nitrogens with one attached hydrogen (secondary N) is 1. The van der Waals surface area contributed by atoms with Gasteiger partial charge in [0.1, 0.15) is 12.2 Å². The summed E-state index contributed by atoms with van der Waals surface area (Å²) in [5, 5.41) is 7.04. The van der Waals surface area contributed by atoms with E-state index >= 15 is 0 Å². The highest BCUT2D eigenvalue weighted by Gasteiger charge is 2.15. The first-order chi connectivity index (χ1) is 11.9. The largest absolute Gasteiger partial charge is 0.346 e. The molecule has 1 aromatic carbocycles. The molecule has 0 unspecified atom stereocenters. The Bertz CT molecular complexity index is 953. The highest BCUT2D eigenvalue weighted by molar-refractivity contribution is 5.90. The second-order valence-electron chi connectivity index (χ2n) is 5.96. The molecule has 3 rings (SSSR count). The maximum absolute atomic E-state index is 12.3. The lowest BCUT2D eigenvalue weighted by Crippen LogP contribution is -2.29. The minimum absolute atomic E-state index is 0.160. The Morgan fingerprint density at radius 2 is 1.88 bits per heavy atom. The first kappa shape index (κ1) is 16.6.